The highest BCUT2D eigenvalue weighted by molar-refractivity contribution is 6.32. The highest BCUT2D eigenvalue weighted by Gasteiger charge is 2.47. The number of hydrogen-bond acceptors (Lipinski definition) is 1. The number of benzene rings is 1. The number of carbonyl (C=O) groups is 1. The molecule has 1 fully saturated rings. The first-order valence-electron chi connectivity index (χ1n) is 5.48. The Morgan fingerprint density at radius 3 is 2.44 bits per heavy atom. The van der Waals surface area contributed by atoms with Gasteiger partial charge in [-0.2, -0.15) is 0 Å². The van der Waals surface area contributed by atoms with Crippen LogP contribution in [0.4, 0.5) is 0 Å². The largest absolute Gasteiger partial charge is 0.481 e. The van der Waals surface area contributed by atoms with Gasteiger partial charge in [0.15, 0.2) is 0 Å². The van der Waals surface area contributed by atoms with E-state index in [2.05, 4.69) is 0 Å². The van der Waals surface area contributed by atoms with Crippen molar-refractivity contribution >= 4 is 17.6 Å². The number of halogens is 1. The normalized spacial score (nSPS) is 17.9. The maximum Gasteiger partial charge on any atom is 0.314 e. The summed E-state index contributed by atoms with van der Waals surface area (Å²) < 4.78 is 0. The quantitative estimate of drug-likeness (QED) is 0.857. The molecule has 0 radical (unpaired) electrons. The van der Waals surface area contributed by atoms with Gasteiger partial charge < -0.3 is 5.11 Å². The maximum absolute atomic E-state index is 11.4. The van der Waals surface area contributed by atoms with E-state index in [1.54, 1.807) is 0 Å². The molecule has 1 aliphatic carbocycles. The van der Waals surface area contributed by atoms with Crippen molar-refractivity contribution in [3.8, 4) is 0 Å². The summed E-state index contributed by atoms with van der Waals surface area (Å²) >= 11 is 6.24. The third-order valence-corrected chi connectivity index (χ3v) is 4.03. The number of aryl methyl sites for hydroxylation is 2. The third-order valence-electron chi connectivity index (χ3n) is 3.53. The minimum atomic E-state index is -0.745. The predicted octanol–water partition coefficient (Wildman–Crippen LogP) is 3.46. The van der Waals surface area contributed by atoms with Gasteiger partial charge in [0.25, 0.3) is 0 Å². The second kappa shape index (κ2) is 3.77. The molecule has 0 saturated heterocycles. The first-order valence-corrected chi connectivity index (χ1v) is 5.86. The molecule has 0 unspecified atom stereocenters. The standard InChI is InChI=1S/C13H15ClO2/c1-8-6-9(2)11(14)10(7-8)13(12(15)16)4-3-5-13/h6-7H,3-5H2,1-2H3,(H,15,16). The third kappa shape index (κ3) is 1.52. The lowest BCUT2D eigenvalue weighted by atomic mass is 9.64. The van der Waals surface area contributed by atoms with Crippen LogP contribution in [-0.2, 0) is 10.2 Å². The Bertz CT molecular complexity index is 447. The molecule has 1 aromatic carbocycles. The van der Waals surface area contributed by atoms with E-state index in [0.29, 0.717) is 17.9 Å². The van der Waals surface area contributed by atoms with Crippen LogP contribution in [0.2, 0.25) is 5.02 Å². The van der Waals surface area contributed by atoms with Crippen molar-refractivity contribution in [3.63, 3.8) is 0 Å². The monoisotopic (exact) mass is 238 g/mol. The number of rotatable bonds is 2. The van der Waals surface area contributed by atoms with Crippen LogP contribution >= 0.6 is 11.6 Å². The lowest BCUT2D eigenvalue weighted by Gasteiger charge is -2.39. The summed E-state index contributed by atoms with van der Waals surface area (Å²) in [5, 5.41) is 10.0. The number of carboxylic acid groups (broad SMARTS) is 1. The van der Waals surface area contributed by atoms with Crippen molar-refractivity contribution in [3.05, 3.63) is 33.8 Å². The average molecular weight is 239 g/mol. The number of carboxylic acids is 1. The summed E-state index contributed by atoms with van der Waals surface area (Å²) in [4.78, 5) is 11.4. The van der Waals surface area contributed by atoms with Crippen molar-refractivity contribution in [1.82, 2.24) is 0 Å². The van der Waals surface area contributed by atoms with Crippen molar-refractivity contribution in [2.24, 2.45) is 0 Å². The van der Waals surface area contributed by atoms with Crippen LogP contribution in [0.15, 0.2) is 12.1 Å². The molecule has 0 heterocycles. The average Bonchev–Trinajstić information content (AvgIpc) is 2.10. The second-order valence-corrected chi connectivity index (χ2v) is 5.06. The predicted molar refractivity (Wildman–Crippen MR) is 64.1 cm³/mol. The highest BCUT2D eigenvalue weighted by Crippen LogP contribution is 2.47. The van der Waals surface area contributed by atoms with Gasteiger partial charge in [0.05, 0.1) is 5.41 Å². The Labute approximate surface area is 100 Å². The molecule has 0 amide bonds. The van der Waals surface area contributed by atoms with Crippen LogP contribution in [0.25, 0.3) is 0 Å². The number of hydrogen-bond donors (Lipinski definition) is 1. The van der Waals surface area contributed by atoms with E-state index in [4.69, 9.17) is 11.6 Å². The maximum atomic E-state index is 11.4. The fourth-order valence-electron chi connectivity index (χ4n) is 2.43. The van der Waals surface area contributed by atoms with E-state index in [0.717, 1.165) is 23.1 Å². The first-order chi connectivity index (χ1) is 7.47. The molecule has 1 aliphatic rings. The van der Waals surface area contributed by atoms with Crippen LogP contribution in [-0.4, -0.2) is 11.1 Å². The smallest absolute Gasteiger partial charge is 0.314 e. The molecule has 16 heavy (non-hydrogen) atoms. The molecule has 3 heteroatoms. The van der Waals surface area contributed by atoms with E-state index in [1.165, 1.54) is 0 Å². The zero-order valence-corrected chi connectivity index (χ0v) is 10.3. The molecule has 0 bridgehead atoms. The first kappa shape index (κ1) is 11.5. The Morgan fingerprint density at radius 2 is 2.00 bits per heavy atom. The molecule has 1 saturated carbocycles. The Morgan fingerprint density at radius 1 is 1.38 bits per heavy atom. The van der Waals surface area contributed by atoms with Gasteiger partial charge in [-0.1, -0.05) is 35.7 Å². The summed E-state index contributed by atoms with van der Waals surface area (Å²) in [6, 6.07) is 3.91. The van der Waals surface area contributed by atoms with Crippen LogP contribution < -0.4 is 0 Å². The molecule has 0 aliphatic heterocycles. The molecule has 0 spiro atoms. The van der Waals surface area contributed by atoms with Gasteiger partial charge in [-0.05, 0) is 37.8 Å². The van der Waals surface area contributed by atoms with E-state index >= 15 is 0 Å². The van der Waals surface area contributed by atoms with E-state index in [-0.39, 0.29) is 0 Å². The minimum absolute atomic E-state index is 0.618. The van der Waals surface area contributed by atoms with Crippen LogP contribution in [0.5, 0.6) is 0 Å². The van der Waals surface area contributed by atoms with E-state index < -0.39 is 11.4 Å². The Hall–Kier alpha value is -1.02. The molecule has 0 atom stereocenters. The van der Waals surface area contributed by atoms with Gasteiger partial charge in [-0.15, -0.1) is 0 Å². The molecule has 1 aromatic rings. The Balaban J connectivity index is 2.59. The second-order valence-electron chi connectivity index (χ2n) is 4.68. The van der Waals surface area contributed by atoms with Crippen LogP contribution in [0.3, 0.4) is 0 Å². The molecular formula is C13H15ClO2. The van der Waals surface area contributed by atoms with Gasteiger partial charge in [0.1, 0.15) is 0 Å². The van der Waals surface area contributed by atoms with Crippen molar-refractivity contribution in [1.29, 1.82) is 0 Å². The molecule has 1 N–H and O–H groups in total. The molecule has 86 valence electrons. The van der Waals surface area contributed by atoms with Crippen LogP contribution in [0, 0.1) is 13.8 Å². The molecule has 2 nitrogen and oxygen atoms in total. The summed E-state index contributed by atoms with van der Waals surface area (Å²) in [7, 11) is 0. The van der Waals surface area contributed by atoms with Gasteiger partial charge in [-0.3, -0.25) is 4.79 Å². The van der Waals surface area contributed by atoms with Crippen molar-refractivity contribution < 1.29 is 9.90 Å². The highest BCUT2D eigenvalue weighted by atomic mass is 35.5. The SMILES string of the molecule is Cc1cc(C)c(Cl)c(C2(C(=O)O)CCC2)c1. The van der Waals surface area contributed by atoms with E-state index in [9.17, 15) is 9.90 Å². The summed E-state index contributed by atoms with van der Waals surface area (Å²) in [5.41, 5.74) is 2.10. The molecule has 2 rings (SSSR count). The van der Waals surface area contributed by atoms with Crippen molar-refractivity contribution in [2.75, 3.05) is 0 Å². The fraction of sp³-hybridized carbons (Fsp3) is 0.462. The van der Waals surface area contributed by atoms with Gasteiger partial charge in [0.2, 0.25) is 0 Å². The molecule has 0 aromatic heterocycles. The summed E-state index contributed by atoms with van der Waals surface area (Å²) in [6.07, 6.45) is 2.37. The fourth-order valence-corrected chi connectivity index (χ4v) is 2.72. The van der Waals surface area contributed by atoms with Crippen LogP contribution in [0.1, 0.15) is 36.0 Å². The molecular weight excluding hydrogens is 224 g/mol. The van der Waals surface area contributed by atoms with E-state index in [1.807, 2.05) is 26.0 Å². The summed E-state index contributed by atoms with van der Waals surface area (Å²) in [6.45, 7) is 3.90. The Kier molecular flexibility index (Phi) is 2.70. The zero-order valence-electron chi connectivity index (χ0n) is 9.51. The minimum Gasteiger partial charge on any atom is -0.481 e. The van der Waals surface area contributed by atoms with Gasteiger partial charge in [-0.25, -0.2) is 0 Å². The summed E-state index contributed by atoms with van der Waals surface area (Å²) in [5.74, 6) is -0.745. The number of aliphatic carboxylic acids is 1. The van der Waals surface area contributed by atoms with Gasteiger partial charge in [0, 0.05) is 5.02 Å². The van der Waals surface area contributed by atoms with Crippen molar-refractivity contribution in [2.45, 2.75) is 38.5 Å². The topological polar surface area (TPSA) is 37.3 Å². The lowest BCUT2D eigenvalue weighted by molar-refractivity contribution is -0.147. The lowest BCUT2D eigenvalue weighted by Crippen LogP contribution is -2.42. The van der Waals surface area contributed by atoms with Gasteiger partial charge >= 0.3 is 5.97 Å². The zero-order chi connectivity index (χ0) is 11.9.